The first kappa shape index (κ1) is 17.9. The summed E-state index contributed by atoms with van der Waals surface area (Å²) in [5, 5.41) is 10.1. The van der Waals surface area contributed by atoms with Crippen molar-refractivity contribution in [1.82, 2.24) is 0 Å². The van der Waals surface area contributed by atoms with Gasteiger partial charge in [-0.15, -0.1) is 0 Å². The van der Waals surface area contributed by atoms with E-state index in [-0.39, 0.29) is 18.1 Å². The predicted molar refractivity (Wildman–Crippen MR) is 84.6 cm³/mol. The van der Waals surface area contributed by atoms with Gasteiger partial charge in [0.05, 0.1) is 0 Å². The number of hydrogen-bond donors (Lipinski definition) is 1. The molecule has 0 saturated carbocycles. The van der Waals surface area contributed by atoms with E-state index in [1.807, 2.05) is 0 Å². The number of ketones is 1. The van der Waals surface area contributed by atoms with Crippen LogP contribution in [0.3, 0.4) is 0 Å². The Kier molecular flexibility index (Phi) is 6.26. The summed E-state index contributed by atoms with van der Waals surface area (Å²) in [6.07, 6.45) is -0.480. The fourth-order valence-electron chi connectivity index (χ4n) is 2.08. The molecule has 128 valence electrons. The van der Waals surface area contributed by atoms with Gasteiger partial charge in [-0.1, -0.05) is 19.1 Å². The highest BCUT2D eigenvalue weighted by Crippen LogP contribution is 2.21. The number of hydrogen-bond acceptors (Lipinski definition) is 4. The Morgan fingerprint density at radius 2 is 1.62 bits per heavy atom. The molecule has 0 heterocycles. The molecule has 0 fully saturated rings. The van der Waals surface area contributed by atoms with E-state index in [2.05, 4.69) is 4.74 Å². The first-order chi connectivity index (χ1) is 11.5. The van der Waals surface area contributed by atoms with Gasteiger partial charge in [0.25, 0.3) is 0 Å². The maximum Gasteiger partial charge on any atom is 0.387 e. The van der Waals surface area contributed by atoms with Gasteiger partial charge in [-0.2, -0.15) is 8.78 Å². The Labute approximate surface area is 138 Å². The van der Waals surface area contributed by atoms with Crippen molar-refractivity contribution in [2.45, 2.75) is 26.1 Å². The number of aliphatic hydroxyl groups is 1. The Balaban J connectivity index is 1.90. The van der Waals surface area contributed by atoms with Gasteiger partial charge in [0.2, 0.25) is 0 Å². The van der Waals surface area contributed by atoms with Crippen molar-refractivity contribution < 1.29 is 28.2 Å². The van der Waals surface area contributed by atoms with Gasteiger partial charge in [-0.3, -0.25) is 4.79 Å². The second-order valence-electron chi connectivity index (χ2n) is 5.08. The van der Waals surface area contributed by atoms with Crippen LogP contribution in [-0.2, 0) is 0 Å². The molecule has 0 aliphatic rings. The van der Waals surface area contributed by atoms with Crippen LogP contribution in [0.4, 0.5) is 8.78 Å². The van der Waals surface area contributed by atoms with Crippen molar-refractivity contribution in [2.24, 2.45) is 0 Å². The molecule has 4 nitrogen and oxygen atoms in total. The van der Waals surface area contributed by atoms with Crippen LogP contribution in [0.15, 0.2) is 48.5 Å². The van der Waals surface area contributed by atoms with Gasteiger partial charge in [0, 0.05) is 12.0 Å². The topological polar surface area (TPSA) is 55.8 Å². The van der Waals surface area contributed by atoms with E-state index in [1.54, 1.807) is 31.2 Å². The molecule has 1 atom stereocenters. The molecule has 0 amide bonds. The number of benzene rings is 2. The lowest BCUT2D eigenvalue weighted by Gasteiger charge is -2.13. The Bertz CT molecular complexity index is 654. The molecule has 0 aromatic heterocycles. The van der Waals surface area contributed by atoms with E-state index in [0.717, 1.165) is 0 Å². The summed E-state index contributed by atoms with van der Waals surface area (Å²) in [5.41, 5.74) is 1.13. The maximum absolute atomic E-state index is 12.1. The van der Waals surface area contributed by atoms with Crippen LogP contribution in [0.2, 0.25) is 0 Å². The van der Waals surface area contributed by atoms with Crippen molar-refractivity contribution in [3.05, 3.63) is 59.7 Å². The third-order valence-corrected chi connectivity index (χ3v) is 3.40. The van der Waals surface area contributed by atoms with Crippen molar-refractivity contribution in [3.63, 3.8) is 0 Å². The molecule has 6 heteroatoms. The van der Waals surface area contributed by atoms with Crippen LogP contribution in [0.25, 0.3) is 0 Å². The summed E-state index contributed by atoms with van der Waals surface area (Å²) >= 11 is 0. The second kappa shape index (κ2) is 8.40. The molecular weight excluding hydrogens is 318 g/mol. The largest absolute Gasteiger partial charge is 0.491 e. The zero-order chi connectivity index (χ0) is 17.5. The highest BCUT2D eigenvalue weighted by molar-refractivity contribution is 5.95. The lowest BCUT2D eigenvalue weighted by Crippen LogP contribution is -2.10. The van der Waals surface area contributed by atoms with E-state index in [4.69, 9.17) is 4.74 Å². The monoisotopic (exact) mass is 336 g/mol. The lowest BCUT2D eigenvalue weighted by atomic mass is 10.1. The average molecular weight is 336 g/mol. The zero-order valence-electron chi connectivity index (χ0n) is 13.1. The summed E-state index contributed by atoms with van der Waals surface area (Å²) < 4.78 is 33.9. The second-order valence-corrected chi connectivity index (χ2v) is 5.08. The van der Waals surface area contributed by atoms with Crippen molar-refractivity contribution in [1.29, 1.82) is 0 Å². The highest BCUT2D eigenvalue weighted by atomic mass is 19.3. The smallest absolute Gasteiger partial charge is 0.387 e. The van der Waals surface area contributed by atoms with E-state index in [0.29, 0.717) is 23.3 Å². The van der Waals surface area contributed by atoms with Gasteiger partial charge >= 0.3 is 6.61 Å². The van der Waals surface area contributed by atoms with E-state index in [1.165, 1.54) is 24.3 Å². The summed E-state index contributed by atoms with van der Waals surface area (Å²) in [5.74, 6) is 0.602. The van der Waals surface area contributed by atoms with Crippen LogP contribution in [0.5, 0.6) is 11.5 Å². The molecule has 2 aromatic rings. The summed E-state index contributed by atoms with van der Waals surface area (Å²) in [7, 11) is 0. The number of Topliss-reactive ketones (excluding diaryl/α,β-unsaturated/α-hetero) is 1. The van der Waals surface area contributed by atoms with Crippen LogP contribution in [0, 0.1) is 0 Å². The first-order valence-corrected chi connectivity index (χ1v) is 7.48. The van der Waals surface area contributed by atoms with Crippen LogP contribution >= 0.6 is 0 Å². The molecule has 0 aliphatic heterocycles. The van der Waals surface area contributed by atoms with Gasteiger partial charge in [0.1, 0.15) is 24.2 Å². The minimum atomic E-state index is -2.88. The number of rotatable bonds is 8. The van der Waals surface area contributed by atoms with Gasteiger partial charge < -0.3 is 14.6 Å². The average Bonchev–Trinajstić information content (AvgIpc) is 2.59. The molecule has 24 heavy (non-hydrogen) atoms. The molecule has 1 unspecified atom stereocenters. The lowest BCUT2D eigenvalue weighted by molar-refractivity contribution is -0.0498. The fraction of sp³-hybridized carbons (Fsp3) is 0.278. The number of ether oxygens (including phenoxy) is 2. The fourth-order valence-corrected chi connectivity index (χ4v) is 2.08. The van der Waals surface area contributed by atoms with Gasteiger partial charge in [-0.25, -0.2) is 0 Å². The van der Waals surface area contributed by atoms with Gasteiger partial charge in [0.15, 0.2) is 5.78 Å². The van der Waals surface area contributed by atoms with Gasteiger partial charge in [-0.05, 0) is 42.0 Å². The van der Waals surface area contributed by atoms with Crippen molar-refractivity contribution in [3.8, 4) is 11.5 Å². The molecule has 0 aliphatic carbocycles. The quantitative estimate of drug-likeness (QED) is 0.741. The molecule has 1 N–H and O–H groups in total. The molecule has 0 saturated heterocycles. The van der Waals surface area contributed by atoms with Crippen molar-refractivity contribution in [2.75, 3.05) is 6.61 Å². The number of carbonyl (C=O) groups excluding carboxylic acids is 1. The standard InChI is InChI=1S/C18H18F2O4/c1-2-16(21)12-3-7-14(8-4-12)23-11-17(22)13-5-9-15(10-6-13)24-18(19)20/h3-10,17-18,22H,2,11H2,1H3. The maximum atomic E-state index is 12.1. The highest BCUT2D eigenvalue weighted by Gasteiger charge is 2.10. The molecule has 2 aromatic carbocycles. The summed E-state index contributed by atoms with van der Waals surface area (Å²) in [6, 6.07) is 12.4. The van der Waals surface area contributed by atoms with Crippen LogP contribution < -0.4 is 9.47 Å². The van der Waals surface area contributed by atoms with E-state index >= 15 is 0 Å². The third-order valence-electron chi connectivity index (χ3n) is 3.40. The van der Waals surface area contributed by atoms with Crippen LogP contribution in [0.1, 0.15) is 35.4 Å². The van der Waals surface area contributed by atoms with E-state index in [9.17, 15) is 18.7 Å². The van der Waals surface area contributed by atoms with Crippen LogP contribution in [-0.4, -0.2) is 24.1 Å². The summed E-state index contributed by atoms with van der Waals surface area (Å²) in [6.45, 7) is -1.09. The molecule has 2 rings (SSSR count). The Hall–Kier alpha value is -2.47. The molecule has 0 bridgehead atoms. The number of halogens is 2. The SMILES string of the molecule is CCC(=O)c1ccc(OCC(O)c2ccc(OC(F)F)cc2)cc1. The molecule has 0 spiro atoms. The Morgan fingerprint density at radius 1 is 1.04 bits per heavy atom. The number of carbonyl (C=O) groups is 1. The number of alkyl halides is 2. The molecule has 0 radical (unpaired) electrons. The van der Waals surface area contributed by atoms with E-state index < -0.39 is 12.7 Å². The Morgan fingerprint density at radius 3 is 2.17 bits per heavy atom. The predicted octanol–water partition coefficient (Wildman–Crippen LogP) is 3.99. The summed E-state index contributed by atoms with van der Waals surface area (Å²) in [4.78, 5) is 11.5. The van der Waals surface area contributed by atoms with Crippen molar-refractivity contribution >= 4 is 5.78 Å². The number of aliphatic hydroxyl groups excluding tert-OH is 1. The zero-order valence-corrected chi connectivity index (χ0v) is 13.1. The molecular formula is C18H18F2O4. The normalized spacial score (nSPS) is 12.0. The minimum absolute atomic E-state index is 0.00385. The first-order valence-electron chi connectivity index (χ1n) is 7.48. The third kappa shape index (κ3) is 5.03. The minimum Gasteiger partial charge on any atom is -0.491 e.